The maximum Gasteiger partial charge on any atom is 0.225 e. The highest BCUT2D eigenvalue weighted by molar-refractivity contribution is 5.93. The monoisotopic (exact) mass is 440 g/mol. The molecule has 1 aliphatic rings. The predicted molar refractivity (Wildman–Crippen MR) is 130 cm³/mol. The van der Waals surface area contributed by atoms with Crippen molar-refractivity contribution >= 4 is 16.9 Å². The number of nitrogens with one attached hydrogen (secondary N) is 1. The molecule has 4 heterocycles. The summed E-state index contributed by atoms with van der Waals surface area (Å²) in [6.07, 6.45) is 7.70. The Morgan fingerprint density at radius 2 is 1.76 bits per heavy atom. The number of rotatable bonds is 7. The van der Waals surface area contributed by atoms with Crippen LogP contribution < -0.4 is 15.0 Å². The molecule has 7 nitrogen and oxygen atoms in total. The molecule has 0 aliphatic carbocycles. The van der Waals surface area contributed by atoms with Gasteiger partial charge in [0.15, 0.2) is 0 Å². The summed E-state index contributed by atoms with van der Waals surface area (Å²) < 4.78 is 5.59. The highest BCUT2D eigenvalue weighted by Gasteiger charge is 2.20. The number of ether oxygens (including phenoxy) is 1. The van der Waals surface area contributed by atoms with E-state index >= 15 is 0 Å². The molecule has 1 aliphatic heterocycles. The molecule has 0 amide bonds. The molecule has 0 bridgehead atoms. The predicted octanol–water partition coefficient (Wildman–Crippen LogP) is 4.10. The van der Waals surface area contributed by atoms with Gasteiger partial charge < -0.3 is 15.0 Å². The van der Waals surface area contributed by atoms with Gasteiger partial charge in [0.25, 0.3) is 0 Å². The summed E-state index contributed by atoms with van der Waals surface area (Å²) in [5, 5.41) is 4.71. The van der Waals surface area contributed by atoms with E-state index in [2.05, 4.69) is 31.2 Å². The Hall–Kier alpha value is -3.58. The third-order valence-corrected chi connectivity index (χ3v) is 6.25. The first-order chi connectivity index (χ1) is 16.3. The molecule has 1 fully saturated rings. The minimum atomic E-state index is 0.628. The number of fused-ring (bicyclic) bond motifs is 1. The van der Waals surface area contributed by atoms with Gasteiger partial charge in [-0.2, -0.15) is 0 Å². The largest absolute Gasteiger partial charge is 0.495 e. The number of benzene rings is 1. The van der Waals surface area contributed by atoms with E-state index in [1.54, 1.807) is 19.5 Å². The maximum atomic E-state index is 5.59. The lowest BCUT2D eigenvalue weighted by atomic mass is 9.97. The molecule has 1 saturated heterocycles. The second-order valence-corrected chi connectivity index (χ2v) is 8.33. The third-order valence-electron chi connectivity index (χ3n) is 6.25. The van der Waals surface area contributed by atoms with Crippen molar-refractivity contribution in [3.05, 3.63) is 72.8 Å². The Labute approximate surface area is 193 Å². The molecule has 168 valence electrons. The fourth-order valence-electron chi connectivity index (χ4n) is 4.46. The lowest BCUT2D eigenvalue weighted by Crippen LogP contribution is -2.38. The second kappa shape index (κ2) is 9.92. The zero-order valence-electron chi connectivity index (χ0n) is 18.8. The summed E-state index contributed by atoms with van der Waals surface area (Å²) in [6.45, 7) is 3.60. The number of anilines is 1. The van der Waals surface area contributed by atoms with E-state index < -0.39 is 0 Å². The smallest absolute Gasteiger partial charge is 0.225 e. The first-order valence-electron chi connectivity index (χ1n) is 11.4. The Morgan fingerprint density at radius 3 is 2.58 bits per heavy atom. The number of methoxy groups -OCH3 is 1. The molecule has 5 rings (SSSR count). The van der Waals surface area contributed by atoms with Gasteiger partial charge in [-0.25, -0.2) is 15.0 Å². The molecule has 3 aromatic heterocycles. The van der Waals surface area contributed by atoms with Gasteiger partial charge in [0.05, 0.1) is 24.0 Å². The average Bonchev–Trinajstić information content (AvgIpc) is 2.89. The van der Waals surface area contributed by atoms with Crippen LogP contribution in [0.4, 0.5) is 5.95 Å². The van der Waals surface area contributed by atoms with Crippen LogP contribution in [0.1, 0.15) is 18.5 Å². The zero-order valence-corrected chi connectivity index (χ0v) is 18.8. The molecule has 0 atom stereocenters. The lowest BCUT2D eigenvalue weighted by Gasteiger charge is -2.32. The van der Waals surface area contributed by atoms with Crippen molar-refractivity contribution in [3.63, 3.8) is 0 Å². The second-order valence-electron chi connectivity index (χ2n) is 8.33. The molecule has 0 radical (unpaired) electrons. The maximum absolute atomic E-state index is 5.59. The first kappa shape index (κ1) is 21.3. The van der Waals surface area contributed by atoms with Crippen molar-refractivity contribution in [1.82, 2.24) is 25.3 Å². The Kier molecular flexibility index (Phi) is 6.39. The minimum Gasteiger partial charge on any atom is -0.495 e. The van der Waals surface area contributed by atoms with E-state index in [0.29, 0.717) is 12.5 Å². The Balaban J connectivity index is 1.24. The van der Waals surface area contributed by atoms with E-state index in [0.717, 1.165) is 72.0 Å². The minimum absolute atomic E-state index is 0.628. The summed E-state index contributed by atoms with van der Waals surface area (Å²) in [5.41, 5.74) is 3.91. The average molecular weight is 441 g/mol. The number of para-hydroxylation sites is 1. The van der Waals surface area contributed by atoms with E-state index in [1.807, 2.05) is 48.7 Å². The van der Waals surface area contributed by atoms with Crippen molar-refractivity contribution in [2.45, 2.75) is 19.4 Å². The van der Waals surface area contributed by atoms with Crippen molar-refractivity contribution in [3.8, 4) is 17.0 Å². The van der Waals surface area contributed by atoms with E-state index in [1.165, 1.54) is 0 Å². The van der Waals surface area contributed by atoms with Crippen LogP contribution in [0.3, 0.4) is 0 Å². The molecule has 0 saturated carbocycles. The van der Waals surface area contributed by atoms with Crippen molar-refractivity contribution in [2.75, 3.05) is 31.6 Å². The topological polar surface area (TPSA) is 76.1 Å². The standard InChI is InChI=1S/C26H28N6O/c1-33-25-8-7-23(21-9-14-28-22-6-3-2-5-20(21)22)31-24(25)18-27-17-19-10-15-32(16-11-19)26-29-12-4-13-30-26/h2-9,12-14,19,27H,10-11,15-18H2,1H3. The number of piperidine rings is 1. The summed E-state index contributed by atoms with van der Waals surface area (Å²) in [7, 11) is 1.70. The summed E-state index contributed by atoms with van der Waals surface area (Å²) in [5.74, 6) is 2.27. The van der Waals surface area contributed by atoms with E-state index in [4.69, 9.17) is 9.72 Å². The molecule has 0 unspecified atom stereocenters. The molecule has 4 aromatic rings. The van der Waals surface area contributed by atoms with Crippen LogP contribution in [0.15, 0.2) is 67.1 Å². The molecular formula is C26H28N6O. The molecule has 0 spiro atoms. The van der Waals surface area contributed by atoms with Gasteiger partial charge >= 0.3 is 0 Å². The quantitative estimate of drug-likeness (QED) is 0.464. The summed E-state index contributed by atoms with van der Waals surface area (Å²) in [4.78, 5) is 20.4. The van der Waals surface area contributed by atoms with Gasteiger partial charge in [-0.1, -0.05) is 18.2 Å². The number of aromatic nitrogens is 4. The van der Waals surface area contributed by atoms with Crippen molar-refractivity contribution < 1.29 is 4.74 Å². The van der Waals surface area contributed by atoms with Crippen LogP contribution >= 0.6 is 0 Å². The Bertz CT molecular complexity index is 1200. The van der Waals surface area contributed by atoms with Crippen LogP contribution in [0, 0.1) is 5.92 Å². The van der Waals surface area contributed by atoms with E-state index in [-0.39, 0.29) is 0 Å². The van der Waals surface area contributed by atoms with Crippen LogP contribution in [0.5, 0.6) is 5.75 Å². The first-order valence-corrected chi connectivity index (χ1v) is 11.4. The molecule has 1 N–H and O–H groups in total. The highest BCUT2D eigenvalue weighted by Crippen LogP contribution is 2.28. The zero-order chi connectivity index (χ0) is 22.5. The van der Waals surface area contributed by atoms with Crippen LogP contribution in [-0.2, 0) is 6.54 Å². The summed E-state index contributed by atoms with van der Waals surface area (Å²) in [6, 6.07) is 16.1. The van der Waals surface area contributed by atoms with Crippen molar-refractivity contribution in [2.24, 2.45) is 5.92 Å². The SMILES string of the molecule is COc1ccc(-c2ccnc3ccccc23)nc1CNCC1CCN(c2ncccn2)CC1. The molecule has 7 heteroatoms. The van der Waals surface area contributed by atoms with Crippen LogP contribution in [0.2, 0.25) is 0 Å². The fourth-order valence-corrected chi connectivity index (χ4v) is 4.46. The van der Waals surface area contributed by atoms with Gasteiger partial charge in [-0.05, 0) is 55.6 Å². The molecule has 1 aromatic carbocycles. The number of hydrogen-bond acceptors (Lipinski definition) is 7. The number of hydrogen-bond donors (Lipinski definition) is 1. The number of nitrogens with zero attached hydrogens (tertiary/aromatic N) is 5. The fraction of sp³-hybridized carbons (Fsp3) is 0.308. The van der Waals surface area contributed by atoms with Crippen LogP contribution in [-0.4, -0.2) is 46.7 Å². The van der Waals surface area contributed by atoms with E-state index in [9.17, 15) is 0 Å². The Morgan fingerprint density at radius 1 is 0.939 bits per heavy atom. The lowest BCUT2D eigenvalue weighted by molar-refractivity contribution is 0.373. The van der Waals surface area contributed by atoms with Gasteiger partial charge in [0.2, 0.25) is 5.95 Å². The molecular weight excluding hydrogens is 412 g/mol. The highest BCUT2D eigenvalue weighted by atomic mass is 16.5. The van der Waals surface area contributed by atoms with Crippen LogP contribution in [0.25, 0.3) is 22.2 Å². The molecule has 33 heavy (non-hydrogen) atoms. The van der Waals surface area contributed by atoms with Crippen molar-refractivity contribution in [1.29, 1.82) is 0 Å². The number of pyridine rings is 2. The van der Waals surface area contributed by atoms with Gasteiger partial charge in [0.1, 0.15) is 5.75 Å². The summed E-state index contributed by atoms with van der Waals surface area (Å²) >= 11 is 0. The third kappa shape index (κ3) is 4.78. The van der Waals surface area contributed by atoms with Gasteiger partial charge in [-0.3, -0.25) is 4.98 Å². The van der Waals surface area contributed by atoms with Gasteiger partial charge in [0, 0.05) is 49.2 Å². The normalized spacial score (nSPS) is 14.5. The van der Waals surface area contributed by atoms with Gasteiger partial charge in [-0.15, -0.1) is 0 Å².